The fourth-order valence-electron chi connectivity index (χ4n) is 2.67. The van der Waals surface area contributed by atoms with Crippen LogP contribution in [0.25, 0.3) is 10.9 Å². The van der Waals surface area contributed by atoms with Crippen LogP contribution in [0.2, 0.25) is 0 Å². The Morgan fingerprint density at radius 1 is 1.35 bits per heavy atom. The Labute approximate surface area is 119 Å². The highest BCUT2D eigenvalue weighted by atomic mass is 16.5. The van der Waals surface area contributed by atoms with E-state index >= 15 is 0 Å². The Morgan fingerprint density at radius 3 is 2.90 bits per heavy atom. The first-order valence-corrected chi connectivity index (χ1v) is 7.26. The van der Waals surface area contributed by atoms with Crippen LogP contribution in [0.1, 0.15) is 25.3 Å². The number of hydrogen-bond acceptors (Lipinski definition) is 3. The first kappa shape index (κ1) is 13.3. The Kier molecular flexibility index (Phi) is 3.79. The molecule has 20 heavy (non-hydrogen) atoms. The maximum atomic E-state index is 12.5. The van der Waals surface area contributed by atoms with E-state index in [0.717, 1.165) is 29.3 Å². The maximum Gasteiger partial charge on any atom is 0.166 e. The summed E-state index contributed by atoms with van der Waals surface area (Å²) in [4.78, 5) is 16.8. The molecule has 1 aromatic heterocycles. The van der Waals surface area contributed by atoms with Crippen molar-refractivity contribution in [1.82, 2.24) is 4.98 Å². The highest BCUT2D eigenvalue weighted by molar-refractivity contribution is 5.91. The second-order valence-electron chi connectivity index (χ2n) is 5.34. The normalized spacial score (nSPS) is 16.2. The summed E-state index contributed by atoms with van der Waals surface area (Å²) in [6.07, 6.45) is 4.23. The Bertz CT molecular complexity index is 614. The van der Waals surface area contributed by atoms with Gasteiger partial charge in [-0.05, 0) is 43.4 Å². The molecular weight excluding hydrogens is 250 g/mol. The van der Waals surface area contributed by atoms with E-state index in [1.165, 1.54) is 0 Å². The first-order chi connectivity index (χ1) is 9.79. The van der Waals surface area contributed by atoms with Crippen molar-refractivity contribution in [1.29, 1.82) is 0 Å². The van der Waals surface area contributed by atoms with Gasteiger partial charge in [0, 0.05) is 24.6 Å². The molecule has 1 saturated carbocycles. The molecule has 1 heterocycles. The molecule has 1 fully saturated rings. The first-order valence-electron chi connectivity index (χ1n) is 7.26. The zero-order valence-corrected chi connectivity index (χ0v) is 11.7. The van der Waals surface area contributed by atoms with E-state index in [2.05, 4.69) is 4.98 Å². The molecule has 0 bridgehead atoms. The highest BCUT2D eigenvalue weighted by Crippen LogP contribution is 2.35. The Balaban J connectivity index is 1.83. The van der Waals surface area contributed by atoms with Gasteiger partial charge in [-0.1, -0.05) is 18.2 Å². The van der Waals surface area contributed by atoms with Gasteiger partial charge >= 0.3 is 0 Å². The Hall–Kier alpha value is -1.74. The number of para-hydroxylation sites is 1. The van der Waals surface area contributed by atoms with Gasteiger partial charge in [0.25, 0.3) is 0 Å². The summed E-state index contributed by atoms with van der Waals surface area (Å²) in [7, 11) is 0. The van der Waals surface area contributed by atoms with Gasteiger partial charge in [-0.2, -0.15) is 0 Å². The standard InChI is InChI=1S/C17H19NO2/c1-2-20-17(12-7-8-12)16(19)11-13-9-10-18-15-6-4-3-5-14(13)15/h3-6,9-10,12,17H,2,7-8,11H2,1H3. The average Bonchev–Trinajstić information content (AvgIpc) is 3.29. The van der Waals surface area contributed by atoms with Crippen LogP contribution in [-0.2, 0) is 16.0 Å². The van der Waals surface area contributed by atoms with Gasteiger partial charge in [0.1, 0.15) is 6.10 Å². The smallest absolute Gasteiger partial charge is 0.166 e. The van der Waals surface area contributed by atoms with Gasteiger partial charge in [0.05, 0.1) is 5.52 Å². The van der Waals surface area contributed by atoms with Gasteiger partial charge in [-0.15, -0.1) is 0 Å². The number of pyridine rings is 1. The molecule has 0 spiro atoms. The summed E-state index contributed by atoms with van der Waals surface area (Å²) in [6, 6.07) is 9.89. The van der Waals surface area contributed by atoms with Gasteiger partial charge in [0.2, 0.25) is 0 Å². The third-order valence-corrected chi connectivity index (χ3v) is 3.82. The molecule has 1 aromatic carbocycles. The van der Waals surface area contributed by atoms with Crippen LogP contribution in [0.15, 0.2) is 36.5 Å². The number of carbonyl (C=O) groups is 1. The number of hydrogen-bond donors (Lipinski definition) is 0. The van der Waals surface area contributed by atoms with Gasteiger partial charge < -0.3 is 4.74 Å². The molecule has 3 heteroatoms. The maximum absolute atomic E-state index is 12.5. The van der Waals surface area contributed by atoms with Crippen LogP contribution < -0.4 is 0 Å². The van der Waals surface area contributed by atoms with E-state index in [-0.39, 0.29) is 11.9 Å². The molecule has 0 amide bonds. The monoisotopic (exact) mass is 269 g/mol. The number of carbonyl (C=O) groups excluding carboxylic acids is 1. The topological polar surface area (TPSA) is 39.2 Å². The van der Waals surface area contributed by atoms with E-state index in [1.807, 2.05) is 37.3 Å². The molecule has 1 aliphatic carbocycles. The molecule has 0 saturated heterocycles. The summed E-state index contributed by atoms with van der Waals surface area (Å²) < 4.78 is 5.65. The van der Waals surface area contributed by atoms with Gasteiger partial charge in [-0.25, -0.2) is 0 Å². The van der Waals surface area contributed by atoms with E-state index in [9.17, 15) is 4.79 Å². The number of fused-ring (bicyclic) bond motifs is 1. The number of ether oxygens (including phenoxy) is 1. The molecule has 1 unspecified atom stereocenters. The van der Waals surface area contributed by atoms with Crippen molar-refractivity contribution in [2.45, 2.75) is 32.3 Å². The molecule has 104 valence electrons. The van der Waals surface area contributed by atoms with E-state index in [1.54, 1.807) is 6.20 Å². The number of rotatable bonds is 6. The zero-order valence-electron chi connectivity index (χ0n) is 11.7. The quantitative estimate of drug-likeness (QED) is 0.808. The molecule has 0 radical (unpaired) electrons. The molecule has 0 aliphatic heterocycles. The zero-order chi connectivity index (χ0) is 13.9. The molecule has 2 aromatic rings. The number of aromatic nitrogens is 1. The molecule has 0 N–H and O–H groups in total. The summed E-state index contributed by atoms with van der Waals surface area (Å²) in [6.45, 7) is 2.55. The number of nitrogens with zero attached hydrogens (tertiary/aromatic N) is 1. The van der Waals surface area contributed by atoms with Crippen LogP contribution in [0.3, 0.4) is 0 Å². The average molecular weight is 269 g/mol. The fourth-order valence-corrected chi connectivity index (χ4v) is 2.67. The third-order valence-electron chi connectivity index (χ3n) is 3.82. The fraction of sp³-hybridized carbons (Fsp3) is 0.412. The number of ketones is 1. The molecular formula is C17H19NO2. The second kappa shape index (κ2) is 5.71. The lowest BCUT2D eigenvalue weighted by molar-refractivity contribution is -0.130. The van der Waals surface area contributed by atoms with E-state index in [0.29, 0.717) is 18.9 Å². The van der Waals surface area contributed by atoms with Crippen molar-refractivity contribution >= 4 is 16.7 Å². The van der Waals surface area contributed by atoms with Gasteiger partial charge in [-0.3, -0.25) is 9.78 Å². The third kappa shape index (κ3) is 2.73. The predicted octanol–water partition coefficient (Wildman–Crippen LogP) is 3.16. The van der Waals surface area contributed by atoms with Gasteiger partial charge in [0.15, 0.2) is 5.78 Å². The minimum Gasteiger partial charge on any atom is -0.370 e. The van der Waals surface area contributed by atoms with Crippen molar-refractivity contribution in [2.75, 3.05) is 6.61 Å². The van der Waals surface area contributed by atoms with E-state index in [4.69, 9.17) is 4.74 Å². The molecule has 1 atom stereocenters. The van der Waals surface area contributed by atoms with Crippen LogP contribution >= 0.6 is 0 Å². The lowest BCUT2D eigenvalue weighted by Crippen LogP contribution is -2.28. The molecule has 1 aliphatic rings. The number of benzene rings is 1. The minimum atomic E-state index is -0.216. The second-order valence-corrected chi connectivity index (χ2v) is 5.34. The van der Waals surface area contributed by atoms with Crippen molar-refractivity contribution in [3.8, 4) is 0 Å². The van der Waals surface area contributed by atoms with Crippen LogP contribution in [0.4, 0.5) is 0 Å². The SMILES string of the molecule is CCOC(C(=O)Cc1ccnc2ccccc12)C1CC1. The van der Waals surface area contributed by atoms with Crippen molar-refractivity contribution in [3.05, 3.63) is 42.1 Å². The molecule has 3 rings (SSSR count). The largest absolute Gasteiger partial charge is 0.370 e. The van der Waals surface area contributed by atoms with Crippen molar-refractivity contribution < 1.29 is 9.53 Å². The summed E-state index contributed by atoms with van der Waals surface area (Å²) in [5.74, 6) is 0.640. The highest BCUT2D eigenvalue weighted by Gasteiger charge is 2.36. The lowest BCUT2D eigenvalue weighted by Gasteiger charge is -2.15. The lowest BCUT2D eigenvalue weighted by atomic mass is 9.99. The minimum absolute atomic E-state index is 0.200. The predicted molar refractivity (Wildman–Crippen MR) is 78.6 cm³/mol. The van der Waals surface area contributed by atoms with Crippen LogP contribution in [0, 0.1) is 5.92 Å². The summed E-state index contributed by atoms with van der Waals surface area (Å²) in [5.41, 5.74) is 1.99. The Morgan fingerprint density at radius 2 is 2.15 bits per heavy atom. The van der Waals surface area contributed by atoms with Crippen LogP contribution in [-0.4, -0.2) is 23.5 Å². The summed E-state index contributed by atoms with van der Waals surface area (Å²) >= 11 is 0. The van der Waals surface area contributed by atoms with Crippen molar-refractivity contribution in [2.24, 2.45) is 5.92 Å². The number of Topliss-reactive ketones (excluding diaryl/α,β-unsaturated/α-hetero) is 1. The van der Waals surface area contributed by atoms with Crippen molar-refractivity contribution in [3.63, 3.8) is 0 Å². The molecule has 3 nitrogen and oxygen atoms in total. The van der Waals surface area contributed by atoms with Crippen LogP contribution in [0.5, 0.6) is 0 Å². The summed E-state index contributed by atoms with van der Waals surface area (Å²) in [5, 5.41) is 1.06. The van der Waals surface area contributed by atoms with E-state index < -0.39 is 0 Å².